The third-order valence-electron chi connectivity index (χ3n) is 8.33. The minimum Gasteiger partial charge on any atom is -0.456 e. The number of hydrogen-bond acceptors (Lipinski definition) is 4. The zero-order chi connectivity index (χ0) is 46.9. The van der Waals surface area contributed by atoms with Gasteiger partial charge in [0.25, 0.3) is 0 Å². The molecule has 5 nitrogen and oxygen atoms in total. The SMILES string of the molecule is [2H]c1c([2H])c([2H])c(-c2c([2H])c(-c3nc(-c4ccccc4)nc(-c4ccc5c(c4)oc4ccccc45)n3)c([2H])c3c2c2c([2H])c([2H])c([2H])c([2H])c2n3-c2c([2H])c([2H])c([2H])c([2H])c2[2H])c([2H])c1[2H]. The molecule has 0 saturated heterocycles. The quantitative estimate of drug-likeness (QED) is 0.185. The third kappa shape index (κ3) is 4.60. The van der Waals surface area contributed by atoms with Gasteiger partial charge in [-0.05, 0) is 59.5 Å². The summed E-state index contributed by atoms with van der Waals surface area (Å²) in [5, 5.41) is 0.854. The van der Waals surface area contributed by atoms with Crippen LogP contribution in [0.25, 0.3) is 94.7 Å². The van der Waals surface area contributed by atoms with E-state index in [2.05, 4.69) is 0 Å². The van der Waals surface area contributed by atoms with Gasteiger partial charge in [-0.15, -0.1) is 0 Å². The van der Waals surface area contributed by atoms with Crippen LogP contribution in [0, 0.1) is 0 Å². The van der Waals surface area contributed by atoms with Gasteiger partial charge >= 0.3 is 0 Å². The maximum atomic E-state index is 10.1. The van der Waals surface area contributed by atoms with E-state index in [1.807, 2.05) is 30.3 Å². The molecule has 0 spiro atoms. The highest BCUT2D eigenvalue weighted by Crippen LogP contribution is 2.41. The monoisotopic (exact) mass is 656 g/mol. The predicted octanol–water partition coefficient (Wildman–Crippen LogP) is 11.5. The topological polar surface area (TPSA) is 56.7 Å². The largest absolute Gasteiger partial charge is 0.456 e. The molecule has 0 aliphatic rings. The Labute approximate surface area is 310 Å². The lowest BCUT2D eigenvalue weighted by Crippen LogP contribution is -2.01. The second-order valence-electron chi connectivity index (χ2n) is 11.2. The van der Waals surface area contributed by atoms with E-state index in [0.717, 1.165) is 15.3 Å². The molecule has 0 aliphatic carbocycles. The first-order valence-corrected chi connectivity index (χ1v) is 15.4. The lowest BCUT2D eigenvalue weighted by molar-refractivity contribution is 0.669. The minimum absolute atomic E-state index is 0.0372. The molecule has 0 N–H and O–H groups in total. The Bertz CT molecular complexity index is 3740. The Morgan fingerprint density at radius 3 is 1.96 bits per heavy atom. The van der Waals surface area contributed by atoms with Crippen LogP contribution < -0.4 is 0 Å². The van der Waals surface area contributed by atoms with Crippen LogP contribution in [0.15, 0.2) is 174 Å². The number of benzene rings is 7. The van der Waals surface area contributed by atoms with Gasteiger partial charge in [0.2, 0.25) is 0 Å². The van der Waals surface area contributed by atoms with Crippen LogP contribution >= 0.6 is 0 Å². The summed E-state index contributed by atoms with van der Waals surface area (Å²) in [5.74, 6) is -0.240. The van der Waals surface area contributed by atoms with Gasteiger partial charge in [-0.2, -0.15) is 0 Å². The van der Waals surface area contributed by atoms with Gasteiger partial charge in [-0.3, -0.25) is 0 Å². The van der Waals surface area contributed by atoms with Crippen LogP contribution in [0.1, 0.15) is 21.9 Å². The van der Waals surface area contributed by atoms with E-state index < -0.39 is 141 Å². The summed E-state index contributed by atoms with van der Waals surface area (Å²) in [4.78, 5) is 14.4. The Morgan fingerprint density at radius 2 is 1.14 bits per heavy atom. The Hall–Kier alpha value is -6.85. The zero-order valence-corrected chi connectivity index (χ0v) is 25.6. The standard InChI is InChI=1S/C45H28N4O/c1-4-14-29(15-5-1)37-26-32(27-39-42(37)36-21-10-12-22-38(36)49(39)33-18-8-3-9-19-33)45-47-43(30-16-6-2-7-17-30)46-44(48-45)31-24-25-35-34-20-11-13-23-40(34)50-41(35)28-31/h1-28H/i1D,3D,4D,5D,8D,9D,10D,12D,14D,15D,18D,19D,21D,22D,26D,27D. The van der Waals surface area contributed by atoms with Gasteiger partial charge in [-0.25, -0.2) is 15.0 Å². The molecule has 5 heteroatoms. The summed E-state index contributed by atoms with van der Waals surface area (Å²) < 4.78 is 151. The van der Waals surface area contributed by atoms with Crippen molar-refractivity contribution < 1.29 is 26.3 Å². The fourth-order valence-corrected chi connectivity index (χ4v) is 6.15. The van der Waals surface area contributed by atoms with Crippen molar-refractivity contribution in [3.63, 3.8) is 0 Å². The molecule has 0 radical (unpaired) electrons. The normalized spacial score (nSPS) is 16.1. The molecule has 50 heavy (non-hydrogen) atoms. The maximum Gasteiger partial charge on any atom is 0.164 e. The van der Waals surface area contributed by atoms with Crippen LogP contribution in [0.5, 0.6) is 0 Å². The van der Waals surface area contributed by atoms with Crippen molar-refractivity contribution in [3.8, 4) is 51.0 Å². The second-order valence-corrected chi connectivity index (χ2v) is 11.2. The van der Waals surface area contributed by atoms with Crippen LogP contribution in [0.4, 0.5) is 0 Å². The maximum absolute atomic E-state index is 10.1. The molecule has 10 aromatic rings. The number of furan rings is 1. The van der Waals surface area contributed by atoms with Gasteiger partial charge in [0.1, 0.15) is 11.2 Å². The number of fused-ring (bicyclic) bond motifs is 6. The number of hydrogen-bond donors (Lipinski definition) is 0. The smallest absolute Gasteiger partial charge is 0.164 e. The Kier molecular flexibility index (Phi) is 3.76. The molecular weight excluding hydrogens is 613 g/mol. The van der Waals surface area contributed by atoms with E-state index in [0.29, 0.717) is 22.3 Å². The summed E-state index contributed by atoms with van der Waals surface area (Å²) in [5.41, 5.74) is -1.07. The van der Waals surface area contributed by atoms with Gasteiger partial charge in [-0.1, -0.05) is 121 Å². The molecule has 3 heterocycles. The van der Waals surface area contributed by atoms with Gasteiger partial charge in [0.15, 0.2) is 17.5 Å². The highest BCUT2D eigenvalue weighted by Gasteiger charge is 2.20. The molecule has 234 valence electrons. The van der Waals surface area contributed by atoms with Gasteiger partial charge < -0.3 is 8.98 Å². The fourth-order valence-electron chi connectivity index (χ4n) is 6.15. The summed E-state index contributed by atoms with van der Waals surface area (Å²) in [6.07, 6.45) is 0. The van der Waals surface area contributed by atoms with Crippen LogP contribution in [-0.4, -0.2) is 19.5 Å². The van der Waals surface area contributed by atoms with E-state index in [-0.39, 0.29) is 17.5 Å². The molecule has 3 aromatic heterocycles. The van der Waals surface area contributed by atoms with Crippen LogP contribution in [0.2, 0.25) is 0 Å². The molecular formula is C45H28N4O. The minimum atomic E-state index is -0.817. The molecule has 7 aromatic carbocycles. The van der Waals surface area contributed by atoms with E-state index in [4.69, 9.17) is 35.8 Å². The first-order valence-electron chi connectivity index (χ1n) is 23.4. The number of aromatic nitrogens is 4. The Balaban J connectivity index is 1.44. The lowest BCUT2D eigenvalue weighted by atomic mass is 9.96. The number of nitrogens with zero attached hydrogens (tertiary/aromatic N) is 4. The molecule has 0 bridgehead atoms. The first-order chi connectivity index (χ1) is 31.4. The molecule has 0 atom stereocenters. The average molecular weight is 657 g/mol. The molecule has 0 unspecified atom stereocenters. The summed E-state index contributed by atoms with van der Waals surface area (Å²) >= 11 is 0. The molecule has 0 fully saturated rings. The van der Waals surface area contributed by atoms with Crippen molar-refractivity contribution in [1.82, 2.24) is 19.5 Å². The van der Waals surface area contributed by atoms with Gasteiger partial charge in [0, 0.05) is 43.9 Å². The van der Waals surface area contributed by atoms with Crippen molar-refractivity contribution in [2.45, 2.75) is 0 Å². The van der Waals surface area contributed by atoms with Crippen molar-refractivity contribution >= 4 is 43.7 Å². The lowest BCUT2D eigenvalue weighted by Gasteiger charge is -2.13. The predicted molar refractivity (Wildman–Crippen MR) is 203 cm³/mol. The van der Waals surface area contributed by atoms with Crippen molar-refractivity contribution in [3.05, 3.63) is 169 Å². The summed E-state index contributed by atoms with van der Waals surface area (Å²) in [7, 11) is 0. The Morgan fingerprint density at radius 1 is 0.480 bits per heavy atom. The highest BCUT2D eigenvalue weighted by molar-refractivity contribution is 6.17. The highest BCUT2D eigenvalue weighted by atomic mass is 16.3. The van der Waals surface area contributed by atoms with Crippen LogP contribution in [0.3, 0.4) is 0 Å². The molecule has 0 saturated carbocycles. The zero-order valence-electron chi connectivity index (χ0n) is 41.6. The average Bonchev–Trinajstić information content (AvgIpc) is 3.87. The first kappa shape index (κ1) is 16.5. The molecule has 10 rings (SSSR count). The van der Waals surface area contributed by atoms with Crippen LogP contribution in [-0.2, 0) is 0 Å². The molecule has 0 amide bonds. The van der Waals surface area contributed by atoms with Crippen molar-refractivity contribution in [2.75, 3.05) is 0 Å². The van der Waals surface area contributed by atoms with E-state index in [1.54, 1.807) is 42.5 Å². The second kappa shape index (κ2) is 11.4. The third-order valence-corrected chi connectivity index (χ3v) is 8.33. The van der Waals surface area contributed by atoms with E-state index >= 15 is 0 Å². The van der Waals surface area contributed by atoms with Crippen molar-refractivity contribution in [2.24, 2.45) is 0 Å². The van der Waals surface area contributed by atoms with E-state index in [1.165, 1.54) is 0 Å². The van der Waals surface area contributed by atoms with Crippen molar-refractivity contribution in [1.29, 1.82) is 0 Å². The summed E-state index contributed by atoms with van der Waals surface area (Å²) in [6.45, 7) is 0. The molecule has 0 aliphatic heterocycles. The summed E-state index contributed by atoms with van der Waals surface area (Å²) in [6, 6.07) is 8.99. The number of para-hydroxylation sites is 3. The van der Waals surface area contributed by atoms with E-state index in [9.17, 15) is 5.48 Å². The fraction of sp³-hybridized carbons (Fsp3) is 0. The van der Waals surface area contributed by atoms with Gasteiger partial charge in [0.05, 0.1) is 33.0 Å². The number of rotatable bonds is 5.